The van der Waals surface area contributed by atoms with Crippen LogP contribution in [0.5, 0.6) is 0 Å². The minimum atomic E-state index is -0.571. The number of hydrogen-bond donors (Lipinski definition) is 0. The molecule has 3 nitrogen and oxygen atoms in total. The van der Waals surface area contributed by atoms with Crippen LogP contribution in [0, 0.1) is 11.3 Å². The average Bonchev–Trinajstić information content (AvgIpc) is 2.73. The molecule has 0 amide bonds. The van der Waals surface area contributed by atoms with Crippen molar-refractivity contribution in [1.82, 2.24) is 5.01 Å². The lowest BCUT2D eigenvalue weighted by atomic mass is 9.98. The number of benzene rings is 1. The molecule has 1 aliphatic heterocycles. The molecule has 17 heavy (non-hydrogen) atoms. The Morgan fingerprint density at radius 3 is 2.59 bits per heavy atom. The van der Waals surface area contributed by atoms with E-state index in [1.807, 2.05) is 44.0 Å². The van der Waals surface area contributed by atoms with Gasteiger partial charge in [-0.25, -0.2) is 0 Å². The Labute approximate surface area is 102 Å². The van der Waals surface area contributed by atoms with Gasteiger partial charge in [0.1, 0.15) is 5.54 Å². The third kappa shape index (κ3) is 2.16. The fourth-order valence-electron chi connectivity index (χ4n) is 2.16. The fraction of sp³-hybridized carbons (Fsp3) is 0.429. The van der Waals surface area contributed by atoms with E-state index in [1.165, 1.54) is 5.56 Å². The normalized spacial score (nSPS) is 20.0. The zero-order valence-electron chi connectivity index (χ0n) is 10.5. The van der Waals surface area contributed by atoms with Crippen LogP contribution in [0.2, 0.25) is 0 Å². The van der Waals surface area contributed by atoms with E-state index in [-0.39, 0.29) is 6.04 Å². The van der Waals surface area contributed by atoms with Crippen LogP contribution in [-0.4, -0.2) is 16.3 Å². The Morgan fingerprint density at radius 1 is 1.35 bits per heavy atom. The third-order valence-corrected chi connectivity index (χ3v) is 3.09. The molecular weight excluding hydrogens is 210 g/mol. The van der Waals surface area contributed by atoms with Gasteiger partial charge < -0.3 is 0 Å². The molecule has 1 aromatic carbocycles. The molecule has 3 heteroatoms. The van der Waals surface area contributed by atoms with E-state index < -0.39 is 5.54 Å². The van der Waals surface area contributed by atoms with Crippen molar-refractivity contribution in [2.45, 2.75) is 38.8 Å². The summed E-state index contributed by atoms with van der Waals surface area (Å²) in [6.45, 7) is 5.83. The smallest absolute Gasteiger partial charge is 0.139 e. The lowest BCUT2D eigenvalue weighted by Crippen LogP contribution is -2.39. The molecule has 2 rings (SSSR count). The topological polar surface area (TPSA) is 39.4 Å². The Morgan fingerprint density at radius 2 is 2.00 bits per heavy atom. The SMILES string of the molecule is CC1=NN(C(C)(C)C#N)[C@@H](c2ccccc2)C1. The molecule has 1 atom stereocenters. The van der Waals surface area contributed by atoms with E-state index in [4.69, 9.17) is 0 Å². The van der Waals surface area contributed by atoms with Crippen molar-refractivity contribution in [2.75, 3.05) is 0 Å². The van der Waals surface area contributed by atoms with Crippen LogP contribution in [0.4, 0.5) is 0 Å². The quantitative estimate of drug-likeness (QED) is 0.778. The molecule has 0 saturated heterocycles. The van der Waals surface area contributed by atoms with Gasteiger partial charge in [0.25, 0.3) is 0 Å². The largest absolute Gasteiger partial charge is 0.270 e. The van der Waals surface area contributed by atoms with E-state index in [9.17, 15) is 5.26 Å². The number of hydrogen-bond acceptors (Lipinski definition) is 3. The second-order valence-corrected chi connectivity index (χ2v) is 4.98. The summed E-state index contributed by atoms with van der Waals surface area (Å²) in [7, 11) is 0. The molecule has 0 N–H and O–H groups in total. The maximum atomic E-state index is 9.24. The Bertz CT molecular complexity index is 468. The highest BCUT2D eigenvalue weighted by atomic mass is 15.5. The minimum Gasteiger partial charge on any atom is -0.270 e. The Kier molecular flexibility index (Phi) is 2.89. The van der Waals surface area contributed by atoms with Crippen LogP contribution in [0.1, 0.15) is 38.8 Å². The first-order valence-electron chi connectivity index (χ1n) is 5.84. The molecule has 0 unspecified atom stereocenters. The molecule has 0 radical (unpaired) electrons. The first-order chi connectivity index (χ1) is 8.04. The second-order valence-electron chi connectivity index (χ2n) is 4.98. The summed E-state index contributed by atoms with van der Waals surface area (Å²) in [6, 6.07) is 12.8. The fourth-order valence-corrected chi connectivity index (χ4v) is 2.16. The summed E-state index contributed by atoms with van der Waals surface area (Å²) >= 11 is 0. The van der Waals surface area contributed by atoms with Gasteiger partial charge in [0, 0.05) is 12.1 Å². The molecule has 1 heterocycles. The third-order valence-electron chi connectivity index (χ3n) is 3.09. The first kappa shape index (κ1) is 11.7. The molecular formula is C14H17N3. The summed E-state index contributed by atoms with van der Waals surface area (Å²) in [5.41, 5.74) is 1.73. The maximum absolute atomic E-state index is 9.24. The van der Waals surface area contributed by atoms with Crippen molar-refractivity contribution >= 4 is 5.71 Å². The van der Waals surface area contributed by atoms with Crippen molar-refractivity contribution in [2.24, 2.45) is 5.10 Å². The lowest BCUT2D eigenvalue weighted by Gasteiger charge is -2.33. The number of nitriles is 1. The molecule has 0 bridgehead atoms. The summed E-state index contributed by atoms with van der Waals surface area (Å²) in [6.07, 6.45) is 0.898. The van der Waals surface area contributed by atoms with Crippen molar-refractivity contribution < 1.29 is 0 Å². The van der Waals surface area contributed by atoms with Crippen LogP contribution in [-0.2, 0) is 0 Å². The molecule has 0 aromatic heterocycles. The Hall–Kier alpha value is -1.82. The van der Waals surface area contributed by atoms with Crippen molar-refractivity contribution in [3.63, 3.8) is 0 Å². The van der Waals surface area contributed by atoms with Gasteiger partial charge in [0.15, 0.2) is 0 Å². The van der Waals surface area contributed by atoms with E-state index in [1.54, 1.807) is 0 Å². The van der Waals surface area contributed by atoms with Crippen LogP contribution < -0.4 is 0 Å². The first-order valence-corrected chi connectivity index (χ1v) is 5.84. The molecule has 1 aromatic rings. The van der Waals surface area contributed by atoms with Gasteiger partial charge in [0.05, 0.1) is 12.1 Å². The van der Waals surface area contributed by atoms with Crippen molar-refractivity contribution in [3.8, 4) is 6.07 Å². The molecule has 0 aliphatic carbocycles. The molecule has 0 fully saturated rings. The molecule has 88 valence electrons. The van der Waals surface area contributed by atoms with Gasteiger partial charge in [-0.1, -0.05) is 30.3 Å². The number of rotatable bonds is 2. The lowest BCUT2D eigenvalue weighted by molar-refractivity contribution is 0.133. The predicted molar refractivity (Wildman–Crippen MR) is 68.4 cm³/mol. The monoisotopic (exact) mass is 227 g/mol. The van der Waals surface area contributed by atoms with Gasteiger partial charge in [-0.15, -0.1) is 0 Å². The summed E-state index contributed by atoms with van der Waals surface area (Å²) in [5.74, 6) is 0. The van der Waals surface area contributed by atoms with E-state index >= 15 is 0 Å². The van der Waals surface area contributed by atoms with Crippen LogP contribution >= 0.6 is 0 Å². The Balaban J connectivity index is 2.34. The number of nitrogens with zero attached hydrogens (tertiary/aromatic N) is 3. The van der Waals surface area contributed by atoms with Gasteiger partial charge in [0.2, 0.25) is 0 Å². The highest BCUT2D eigenvalue weighted by Gasteiger charge is 2.36. The summed E-state index contributed by atoms with van der Waals surface area (Å²) < 4.78 is 0. The van der Waals surface area contributed by atoms with E-state index in [0.29, 0.717) is 0 Å². The highest BCUT2D eigenvalue weighted by Crippen LogP contribution is 2.35. The molecule has 1 aliphatic rings. The maximum Gasteiger partial charge on any atom is 0.139 e. The van der Waals surface area contributed by atoms with Crippen molar-refractivity contribution in [1.29, 1.82) is 5.26 Å². The summed E-state index contributed by atoms with van der Waals surface area (Å²) in [5, 5.41) is 15.7. The van der Waals surface area contributed by atoms with E-state index in [0.717, 1.165) is 12.1 Å². The van der Waals surface area contributed by atoms with Crippen molar-refractivity contribution in [3.05, 3.63) is 35.9 Å². The van der Waals surface area contributed by atoms with Gasteiger partial charge in [-0.3, -0.25) is 5.01 Å². The zero-order valence-corrected chi connectivity index (χ0v) is 10.5. The van der Waals surface area contributed by atoms with Crippen LogP contribution in [0.25, 0.3) is 0 Å². The standard InChI is InChI=1S/C14H17N3/c1-11-9-13(12-7-5-4-6-8-12)17(16-11)14(2,3)10-15/h4-8,13H,9H2,1-3H3/t13-/m1/s1. The van der Waals surface area contributed by atoms with Gasteiger partial charge >= 0.3 is 0 Å². The van der Waals surface area contributed by atoms with Gasteiger partial charge in [-0.2, -0.15) is 10.4 Å². The van der Waals surface area contributed by atoms with Crippen LogP contribution in [0.15, 0.2) is 35.4 Å². The molecule has 0 spiro atoms. The zero-order chi connectivity index (χ0) is 12.5. The predicted octanol–water partition coefficient (Wildman–Crippen LogP) is 3.11. The summed E-state index contributed by atoms with van der Waals surface area (Å²) in [4.78, 5) is 0. The number of hydrazone groups is 1. The highest BCUT2D eigenvalue weighted by molar-refractivity contribution is 5.84. The molecule has 0 saturated carbocycles. The minimum absolute atomic E-state index is 0.186. The average molecular weight is 227 g/mol. The van der Waals surface area contributed by atoms with E-state index in [2.05, 4.69) is 23.3 Å². The van der Waals surface area contributed by atoms with Crippen LogP contribution in [0.3, 0.4) is 0 Å². The second kappa shape index (κ2) is 4.21. The van der Waals surface area contributed by atoms with Gasteiger partial charge in [-0.05, 0) is 26.3 Å².